The van der Waals surface area contributed by atoms with Crippen molar-refractivity contribution in [3.8, 4) is 0 Å². The Morgan fingerprint density at radius 1 is 1.47 bits per heavy atom. The summed E-state index contributed by atoms with van der Waals surface area (Å²) >= 11 is 0. The Balaban J connectivity index is 2.94. The molecule has 4 heteroatoms. The van der Waals surface area contributed by atoms with Gasteiger partial charge in [-0.25, -0.2) is 0 Å². The quantitative estimate of drug-likeness (QED) is 0.821. The van der Waals surface area contributed by atoms with Gasteiger partial charge in [0.15, 0.2) is 0 Å². The van der Waals surface area contributed by atoms with Gasteiger partial charge in [-0.1, -0.05) is 20.3 Å². The maximum Gasteiger partial charge on any atom is 0.129 e. The summed E-state index contributed by atoms with van der Waals surface area (Å²) in [4.78, 5) is 2.30. The van der Waals surface area contributed by atoms with Crippen LogP contribution in [0.15, 0.2) is 0 Å². The van der Waals surface area contributed by atoms with Crippen LogP contribution in [0.3, 0.4) is 0 Å². The fourth-order valence-electron chi connectivity index (χ4n) is 2.29. The van der Waals surface area contributed by atoms with Gasteiger partial charge in [0.25, 0.3) is 0 Å². The van der Waals surface area contributed by atoms with Gasteiger partial charge in [0.05, 0.1) is 5.69 Å². The van der Waals surface area contributed by atoms with Crippen molar-refractivity contribution in [3.05, 3.63) is 11.3 Å². The molecule has 2 N–H and O–H groups in total. The molecule has 0 saturated heterocycles. The van der Waals surface area contributed by atoms with E-state index < -0.39 is 0 Å². The monoisotopic (exact) mass is 238 g/mol. The van der Waals surface area contributed by atoms with E-state index in [1.165, 1.54) is 17.8 Å². The third kappa shape index (κ3) is 3.22. The Hall–Kier alpha value is -1.03. The van der Waals surface area contributed by atoms with Crippen molar-refractivity contribution in [3.63, 3.8) is 0 Å². The molecule has 1 heterocycles. The van der Waals surface area contributed by atoms with Gasteiger partial charge in [-0.15, -0.1) is 0 Å². The molecule has 1 aromatic rings. The molecule has 4 nitrogen and oxygen atoms in total. The third-order valence-corrected chi connectivity index (χ3v) is 3.35. The van der Waals surface area contributed by atoms with E-state index in [2.05, 4.69) is 37.8 Å². The molecule has 1 unspecified atom stereocenters. The maximum atomic E-state index is 5.68. The number of nitrogens with zero attached hydrogens (tertiary/aromatic N) is 3. The molecule has 0 spiro atoms. The van der Waals surface area contributed by atoms with E-state index in [4.69, 9.17) is 5.73 Å². The predicted molar refractivity (Wildman–Crippen MR) is 73.4 cm³/mol. The molecule has 0 aliphatic heterocycles. The number of hydrogen-bond acceptors (Lipinski definition) is 3. The lowest BCUT2D eigenvalue weighted by Crippen LogP contribution is -2.26. The van der Waals surface area contributed by atoms with Crippen LogP contribution in [0.5, 0.6) is 0 Å². The van der Waals surface area contributed by atoms with E-state index in [-0.39, 0.29) is 0 Å². The molecular formula is C13H26N4. The number of hydrogen-bond donors (Lipinski definition) is 1. The first-order chi connectivity index (χ1) is 8.01. The van der Waals surface area contributed by atoms with E-state index in [0.29, 0.717) is 12.5 Å². The number of anilines is 1. The lowest BCUT2D eigenvalue weighted by molar-refractivity contribution is 0.551. The fourth-order valence-corrected chi connectivity index (χ4v) is 2.29. The fraction of sp³-hybridized carbons (Fsp3) is 0.769. The van der Waals surface area contributed by atoms with E-state index in [1.807, 2.05) is 11.7 Å². The molecule has 17 heavy (non-hydrogen) atoms. The second-order valence-corrected chi connectivity index (χ2v) is 4.94. The molecule has 0 saturated carbocycles. The summed E-state index contributed by atoms with van der Waals surface area (Å²) in [5, 5.41) is 4.50. The van der Waals surface area contributed by atoms with Gasteiger partial charge in [-0.3, -0.25) is 4.68 Å². The summed E-state index contributed by atoms with van der Waals surface area (Å²) in [6.45, 7) is 8.31. The third-order valence-electron chi connectivity index (χ3n) is 3.35. The van der Waals surface area contributed by atoms with Crippen LogP contribution in [0.2, 0.25) is 0 Å². The normalized spacial score (nSPS) is 12.8. The molecule has 0 aliphatic rings. The molecule has 1 atom stereocenters. The number of rotatable bonds is 6. The summed E-state index contributed by atoms with van der Waals surface area (Å²) < 4.78 is 1.97. The lowest BCUT2D eigenvalue weighted by Gasteiger charge is -2.24. The number of aryl methyl sites for hydroxylation is 2. The number of aromatic nitrogens is 2. The molecule has 0 aromatic carbocycles. The highest BCUT2D eigenvalue weighted by Gasteiger charge is 2.17. The van der Waals surface area contributed by atoms with Gasteiger partial charge in [0.1, 0.15) is 5.82 Å². The van der Waals surface area contributed by atoms with Gasteiger partial charge in [-0.05, 0) is 25.8 Å². The average Bonchev–Trinajstić information content (AvgIpc) is 2.54. The minimum Gasteiger partial charge on any atom is -0.359 e. The highest BCUT2D eigenvalue weighted by atomic mass is 15.4. The van der Waals surface area contributed by atoms with Crippen molar-refractivity contribution in [2.45, 2.75) is 33.6 Å². The standard InChI is InChI=1S/C13H26N4/c1-6-10(2)9-16(4)13-12(7-8-14)11(3)15-17(13)5/h10H,6-9,14H2,1-5H3. The van der Waals surface area contributed by atoms with Gasteiger partial charge in [-0.2, -0.15) is 5.10 Å². The van der Waals surface area contributed by atoms with E-state index in [9.17, 15) is 0 Å². The largest absolute Gasteiger partial charge is 0.359 e. The van der Waals surface area contributed by atoms with Crippen molar-refractivity contribution < 1.29 is 0 Å². The topological polar surface area (TPSA) is 47.1 Å². The molecule has 0 radical (unpaired) electrons. The summed E-state index contributed by atoms with van der Waals surface area (Å²) in [6, 6.07) is 0. The van der Waals surface area contributed by atoms with Gasteiger partial charge >= 0.3 is 0 Å². The van der Waals surface area contributed by atoms with E-state index in [0.717, 1.165) is 18.7 Å². The number of nitrogens with two attached hydrogens (primary N) is 1. The highest BCUT2D eigenvalue weighted by molar-refractivity contribution is 5.49. The average molecular weight is 238 g/mol. The minimum absolute atomic E-state index is 0.677. The van der Waals surface area contributed by atoms with Crippen LogP contribution in [0, 0.1) is 12.8 Å². The Morgan fingerprint density at radius 2 is 2.12 bits per heavy atom. The second kappa shape index (κ2) is 6.05. The first kappa shape index (κ1) is 14.0. The van der Waals surface area contributed by atoms with Crippen LogP contribution in [-0.2, 0) is 13.5 Å². The maximum absolute atomic E-state index is 5.68. The first-order valence-corrected chi connectivity index (χ1v) is 6.44. The molecule has 0 amide bonds. The molecule has 0 fully saturated rings. The van der Waals surface area contributed by atoms with Crippen LogP contribution >= 0.6 is 0 Å². The van der Waals surface area contributed by atoms with Crippen molar-refractivity contribution >= 4 is 5.82 Å². The van der Waals surface area contributed by atoms with Crippen LogP contribution < -0.4 is 10.6 Å². The Morgan fingerprint density at radius 3 is 2.65 bits per heavy atom. The minimum atomic E-state index is 0.677. The first-order valence-electron chi connectivity index (χ1n) is 6.44. The highest BCUT2D eigenvalue weighted by Crippen LogP contribution is 2.23. The van der Waals surface area contributed by atoms with Gasteiger partial charge in [0, 0.05) is 26.2 Å². The molecule has 1 aromatic heterocycles. The molecule has 1 rings (SSSR count). The second-order valence-electron chi connectivity index (χ2n) is 4.94. The van der Waals surface area contributed by atoms with E-state index in [1.54, 1.807) is 0 Å². The summed E-state index contributed by atoms with van der Waals surface area (Å²) in [5.74, 6) is 1.91. The molecule has 0 bridgehead atoms. The zero-order valence-corrected chi connectivity index (χ0v) is 11.8. The zero-order chi connectivity index (χ0) is 13.0. The smallest absolute Gasteiger partial charge is 0.129 e. The summed E-state index contributed by atoms with van der Waals surface area (Å²) in [7, 11) is 4.15. The zero-order valence-electron chi connectivity index (χ0n) is 11.8. The van der Waals surface area contributed by atoms with Crippen molar-refractivity contribution in [2.75, 3.05) is 25.0 Å². The Labute approximate surface area is 105 Å². The predicted octanol–water partition coefficient (Wildman–Crippen LogP) is 1.71. The van der Waals surface area contributed by atoms with Crippen molar-refractivity contribution in [2.24, 2.45) is 18.7 Å². The SMILES string of the molecule is CCC(C)CN(C)c1c(CCN)c(C)nn1C. The van der Waals surface area contributed by atoms with Crippen LogP contribution in [0.25, 0.3) is 0 Å². The van der Waals surface area contributed by atoms with Gasteiger partial charge < -0.3 is 10.6 Å². The van der Waals surface area contributed by atoms with E-state index >= 15 is 0 Å². The van der Waals surface area contributed by atoms with Gasteiger partial charge in [0.2, 0.25) is 0 Å². The molecule has 0 aliphatic carbocycles. The molecule has 98 valence electrons. The lowest BCUT2D eigenvalue weighted by atomic mass is 10.1. The van der Waals surface area contributed by atoms with Crippen LogP contribution in [0.1, 0.15) is 31.5 Å². The Kier molecular flexibility index (Phi) is 5.00. The van der Waals surface area contributed by atoms with Crippen molar-refractivity contribution in [1.82, 2.24) is 9.78 Å². The Bertz CT molecular complexity index is 357. The van der Waals surface area contributed by atoms with Crippen LogP contribution in [0.4, 0.5) is 5.82 Å². The van der Waals surface area contributed by atoms with Crippen LogP contribution in [-0.4, -0.2) is 29.9 Å². The van der Waals surface area contributed by atoms with Crippen molar-refractivity contribution in [1.29, 1.82) is 0 Å². The molecular weight excluding hydrogens is 212 g/mol. The summed E-state index contributed by atoms with van der Waals surface area (Å²) in [5.41, 5.74) is 8.07. The summed E-state index contributed by atoms with van der Waals surface area (Å²) in [6.07, 6.45) is 2.10.